The van der Waals surface area contributed by atoms with Crippen LogP contribution in [0.1, 0.15) is 59.8 Å². The number of aliphatic hydroxyl groups excluding tert-OH is 7. The predicted molar refractivity (Wildman–Crippen MR) is 301 cm³/mol. The summed E-state index contributed by atoms with van der Waals surface area (Å²) in [5.41, 5.74) is 0. The number of hydrogen-bond acceptors (Lipinski definition) is 34. The first-order valence-corrected chi connectivity index (χ1v) is 30.9. The predicted octanol–water partition coefficient (Wildman–Crippen LogP) is -6.05. The second-order valence-electron chi connectivity index (χ2n) is 22.0. The molecule has 0 aliphatic carbocycles. The number of aliphatic carboxylic acids is 3. The van der Waals surface area contributed by atoms with Crippen LogP contribution in [0.5, 0.6) is 0 Å². The highest BCUT2D eigenvalue weighted by molar-refractivity contribution is 7.99. The molecule has 0 bridgehead atoms. The molecule has 38 nitrogen and oxygen atoms in total. The molecular weight excluding hydrogens is 1300 g/mol. The molecule has 15 unspecified atom stereocenters. The van der Waals surface area contributed by atoms with E-state index in [1.54, 1.807) is 0 Å². The van der Waals surface area contributed by atoms with Gasteiger partial charge in [0.25, 0.3) is 0 Å². The maximum Gasteiger partial charge on any atom is 0.335 e. The van der Waals surface area contributed by atoms with Gasteiger partial charge in [-0.3, -0.25) is 19.2 Å². The van der Waals surface area contributed by atoms with Gasteiger partial charge in [-0.2, -0.15) is 24.4 Å². The molecule has 40 heteroatoms. The van der Waals surface area contributed by atoms with Gasteiger partial charge in [-0.05, 0) is 24.9 Å². The summed E-state index contributed by atoms with van der Waals surface area (Å²) >= 11 is 5.62. The molecule has 6 rings (SSSR count). The summed E-state index contributed by atoms with van der Waals surface area (Å²) in [6.45, 7) is 5.77. The van der Waals surface area contributed by atoms with Gasteiger partial charge in [0.2, 0.25) is 30.3 Å². The van der Waals surface area contributed by atoms with Crippen molar-refractivity contribution >= 4 is 72.0 Å². The molecule has 27 atom stereocenters. The minimum atomic E-state index is -2.34. The van der Waals surface area contributed by atoms with Crippen molar-refractivity contribution in [1.29, 1.82) is 0 Å². The maximum atomic E-state index is 13.0. The van der Waals surface area contributed by atoms with Crippen LogP contribution in [-0.2, 0) is 120 Å². The Morgan fingerprint density at radius 2 is 0.935 bits per heavy atom. The van der Waals surface area contributed by atoms with Crippen LogP contribution >= 0.6 is 24.4 Å². The van der Waals surface area contributed by atoms with Crippen molar-refractivity contribution < 1.29 is 171 Å². The summed E-state index contributed by atoms with van der Waals surface area (Å²) in [7, 11) is 1.18. The first kappa shape index (κ1) is 77.3. The van der Waals surface area contributed by atoms with Crippen LogP contribution in [0.15, 0.2) is 12.7 Å². The van der Waals surface area contributed by atoms with Gasteiger partial charge in [-0.25, -0.2) is 48.5 Å². The average Bonchev–Trinajstić information content (AvgIpc) is 0.817. The van der Waals surface area contributed by atoms with Crippen molar-refractivity contribution in [2.24, 2.45) is 0 Å². The molecule has 6 aliphatic rings. The highest BCUT2D eigenvalue weighted by atomic mass is 32.2. The Hall–Kier alpha value is -4.68. The monoisotopic (exact) mass is 1380 g/mol. The molecule has 93 heavy (non-hydrogen) atoms. The van der Waals surface area contributed by atoms with Crippen molar-refractivity contribution in [3.05, 3.63) is 12.7 Å². The van der Waals surface area contributed by atoms with Crippen molar-refractivity contribution in [2.75, 3.05) is 44.2 Å². The molecule has 6 saturated heterocycles. The third-order valence-corrected chi connectivity index (χ3v) is 16.5. The van der Waals surface area contributed by atoms with Crippen LogP contribution in [-0.4, -0.2) is 308 Å². The van der Waals surface area contributed by atoms with Crippen LogP contribution in [0, 0.1) is 0 Å². The SMILES string of the molecule is C=CC(=O)OCC1O[C@@H](O[C@H]2C(C(=O)O)OC(OO[C@H]3C[C@H](NC(C)=O)[C@H](O[C@H]4C(C(=O)O)OC(C)C(O)C4O)OC3COC(=O)CCSCCCS)C(O)C2O)C(NC(C)=O)C[C@@H]1OOC1OC(C(=O)O)[C@H](O[C@@H]2O[C@@H](CO)[C@@H](OOC)C[C@@H]2NC(C)=O)C(O)C1O. The van der Waals surface area contributed by atoms with E-state index in [0.717, 1.165) is 33.3 Å². The van der Waals surface area contributed by atoms with Gasteiger partial charge >= 0.3 is 29.8 Å². The zero-order chi connectivity index (χ0) is 68.5. The molecule has 13 N–H and O–H groups in total. The Balaban J connectivity index is 1.18. The number of carboxylic acids is 3. The van der Waals surface area contributed by atoms with E-state index in [0.29, 0.717) is 17.3 Å². The van der Waals surface area contributed by atoms with E-state index < -0.39 is 246 Å². The number of carbonyl (C=O) groups excluding carboxylic acids is 5. The van der Waals surface area contributed by atoms with Crippen molar-refractivity contribution in [3.8, 4) is 0 Å². The minimum Gasteiger partial charge on any atom is -0.479 e. The fourth-order valence-electron chi connectivity index (χ4n) is 10.6. The van der Waals surface area contributed by atoms with Crippen LogP contribution < -0.4 is 16.0 Å². The first-order valence-electron chi connectivity index (χ1n) is 29.2. The van der Waals surface area contributed by atoms with Crippen LogP contribution in [0.3, 0.4) is 0 Å². The molecule has 6 aliphatic heterocycles. The largest absolute Gasteiger partial charge is 0.479 e. The molecular formula is C53H81N3O35S2. The Labute approximate surface area is 539 Å². The quantitative estimate of drug-likeness (QED) is 0.00744. The summed E-state index contributed by atoms with van der Waals surface area (Å²) < 4.78 is 62.9. The standard InChI is InChI=1S/C53H81N3O35S2/c1-7-32(61)76-17-30-27(88-90-52-38(67)36(65)41(44(85-52)47(71)72)83-49-23(54-20(3)58)13-26(87-75-6)29(16-57)79-49)14-25(56-22(5)60)51(80-30)84-42-37(66)39(68)53(86-45(42)48(73)74)91-89-28-15-24(55-21(4)59)50(81-31(28)18-77-33(62)9-12-93-11-8-10-92)82-40-35(64)34(63)19(2)78-43(40)46(69)70/h7,19,23-31,34-45,49-53,57,63-68,92H,1,8-18H2,2-6H3,(H,54,58)(H,55,59)(H,56,60)(H,69,70)(H,71,72)(H,73,74)/t19?,23-,24-,25?,26-,27-,28-,29-,30?,31?,34?,35?,36?,37?,38?,39?,40+,41+,42+,43?,44?,45?,49-,50-,51-,52?,53?/m0/s1. The number of carboxylic acid groups (broad SMARTS) is 3. The van der Waals surface area contributed by atoms with Gasteiger partial charge in [-0.15, -0.1) is 0 Å². The third kappa shape index (κ3) is 21.2. The summed E-state index contributed by atoms with van der Waals surface area (Å²) in [5.74, 6) is -7.47. The number of thioether (sulfide) groups is 1. The Kier molecular flexibility index (Phi) is 30.4. The number of ether oxygens (including phenoxy) is 11. The van der Waals surface area contributed by atoms with Crippen molar-refractivity contribution in [2.45, 2.75) is 225 Å². The van der Waals surface area contributed by atoms with E-state index in [1.807, 2.05) is 0 Å². The lowest BCUT2D eigenvalue weighted by Crippen LogP contribution is -2.65. The van der Waals surface area contributed by atoms with E-state index in [1.165, 1.54) is 25.8 Å². The first-order chi connectivity index (χ1) is 44.1. The van der Waals surface area contributed by atoms with Crippen LogP contribution in [0.2, 0.25) is 0 Å². The van der Waals surface area contributed by atoms with E-state index >= 15 is 0 Å². The van der Waals surface area contributed by atoms with Crippen molar-refractivity contribution in [1.82, 2.24) is 16.0 Å². The molecule has 0 saturated carbocycles. The molecule has 0 aromatic rings. The number of thiol groups is 1. The van der Waals surface area contributed by atoms with E-state index in [-0.39, 0.29) is 12.8 Å². The molecule has 0 spiro atoms. The van der Waals surface area contributed by atoms with E-state index in [9.17, 15) is 89.4 Å². The minimum absolute atomic E-state index is 0.0848. The molecule has 6 heterocycles. The van der Waals surface area contributed by atoms with E-state index in [2.05, 4.69) is 35.2 Å². The number of nitrogens with one attached hydrogen (secondary N) is 3. The number of esters is 2. The Morgan fingerprint density at radius 3 is 1.32 bits per heavy atom. The maximum absolute atomic E-state index is 13.0. The lowest BCUT2D eigenvalue weighted by atomic mass is 9.94. The second-order valence-corrected chi connectivity index (χ2v) is 23.7. The summed E-state index contributed by atoms with van der Waals surface area (Å²) in [5, 5.41) is 116. The van der Waals surface area contributed by atoms with Crippen LogP contribution in [0.4, 0.5) is 0 Å². The summed E-state index contributed by atoms with van der Waals surface area (Å²) in [4.78, 5) is 133. The number of hydrogen-bond donors (Lipinski definition) is 14. The Morgan fingerprint density at radius 1 is 0.538 bits per heavy atom. The fraction of sp³-hybridized carbons (Fsp3) is 0.811. The van der Waals surface area contributed by atoms with Gasteiger partial charge < -0.3 is 119 Å². The summed E-state index contributed by atoms with van der Waals surface area (Å²) in [6.07, 6.45) is -43.9. The zero-order valence-corrected chi connectivity index (χ0v) is 52.4. The third-order valence-electron chi connectivity index (χ3n) is 15.1. The smallest absolute Gasteiger partial charge is 0.335 e. The van der Waals surface area contributed by atoms with Gasteiger partial charge in [0.05, 0.1) is 44.4 Å². The molecule has 0 radical (unpaired) electrons. The van der Waals surface area contributed by atoms with Crippen LogP contribution in [0.25, 0.3) is 0 Å². The average molecular weight is 1380 g/mol. The summed E-state index contributed by atoms with van der Waals surface area (Å²) in [6, 6.07) is -3.94. The molecule has 6 fully saturated rings. The number of aliphatic hydroxyl groups is 7. The number of carbonyl (C=O) groups is 8. The molecule has 0 aromatic carbocycles. The number of rotatable bonds is 32. The number of amides is 3. The zero-order valence-electron chi connectivity index (χ0n) is 50.7. The van der Waals surface area contributed by atoms with E-state index in [4.69, 9.17) is 81.4 Å². The molecule has 530 valence electrons. The Bertz CT molecular complexity index is 2500. The lowest BCUT2D eigenvalue weighted by Gasteiger charge is -2.46. The lowest BCUT2D eigenvalue weighted by molar-refractivity contribution is -0.461. The molecule has 0 aromatic heterocycles. The molecule has 3 amide bonds. The highest BCUT2D eigenvalue weighted by Crippen LogP contribution is 2.36. The van der Waals surface area contributed by atoms with Gasteiger partial charge in [0.15, 0.2) is 37.2 Å². The van der Waals surface area contributed by atoms with Crippen molar-refractivity contribution in [3.63, 3.8) is 0 Å². The normalized spacial score (nSPS) is 38.7. The second kappa shape index (κ2) is 36.6. The topological polar surface area (TPSA) is 532 Å². The van der Waals surface area contributed by atoms with Gasteiger partial charge in [-0.1, -0.05) is 6.58 Å². The van der Waals surface area contributed by atoms with Gasteiger partial charge in [0.1, 0.15) is 105 Å². The van der Waals surface area contributed by atoms with Gasteiger partial charge in [0, 0.05) is 51.9 Å². The fourth-order valence-corrected chi connectivity index (χ4v) is 11.8. The highest BCUT2D eigenvalue weighted by Gasteiger charge is 2.57.